The van der Waals surface area contributed by atoms with Gasteiger partial charge in [0.2, 0.25) is 0 Å². The summed E-state index contributed by atoms with van der Waals surface area (Å²) in [6.45, 7) is 2.40. The predicted octanol–water partition coefficient (Wildman–Crippen LogP) is 3.50. The SMILES string of the molecule is CN(C)C1CC23CCC4(O2)C2CC=C(c5ccc6n[nH]nc6c5)C2(C)CCC4(Cl)CC3C(O)C1O. The molecule has 0 radical (unpaired) electrons. The van der Waals surface area contributed by atoms with E-state index in [9.17, 15) is 10.2 Å². The van der Waals surface area contributed by atoms with Crippen molar-refractivity contribution in [3.8, 4) is 0 Å². The van der Waals surface area contributed by atoms with Crippen LogP contribution in [0.2, 0.25) is 0 Å². The normalized spacial score (nSPS) is 48.5. The number of nitrogens with zero attached hydrogens (tertiary/aromatic N) is 3. The van der Waals surface area contributed by atoms with Crippen molar-refractivity contribution in [3.63, 3.8) is 0 Å². The zero-order valence-corrected chi connectivity index (χ0v) is 21.4. The average molecular weight is 499 g/mol. The molecule has 2 aromatic rings. The van der Waals surface area contributed by atoms with Crippen molar-refractivity contribution in [1.82, 2.24) is 20.3 Å². The second-order valence-corrected chi connectivity index (χ2v) is 13.1. The molecule has 1 aromatic carbocycles. The molecule has 5 aliphatic rings. The molecule has 2 bridgehead atoms. The first-order valence-corrected chi connectivity index (χ1v) is 13.4. The number of allylic oxidation sites excluding steroid dienone is 2. The molecule has 1 aromatic heterocycles. The third-order valence-corrected chi connectivity index (χ3v) is 11.5. The lowest BCUT2D eigenvalue weighted by Gasteiger charge is -2.65. The number of H-pyrrole nitrogens is 1. The first-order valence-electron chi connectivity index (χ1n) is 13.1. The van der Waals surface area contributed by atoms with Crippen molar-refractivity contribution in [2.24, 2.45) is 17.3 Å². The molecule has 3 N–H and O–H groups in total. The molecule has 2 saturated carbocycles. The Hall–Kier alpha value is -1.51. The van der Waals surface area contributed by atoms with Gasteiger partial charge in [0.05, 0.1) is 28.3 Å². The van der Waals surface area contributed by atoms with Crippen LogP contribution in [0.15, 0.2) is 24.3 Å². The fraction of sp³-hybridized carbons (Fsp3) is 0.704. The fourth-order valence-corrected chi connectivity index (χ4v) is 9.54. The molecule has 7 nitrogen and oxygen atoms in total. The van der Waals surface area contributed by atoms with Crippen LogP contribution in [0.4, 0.5) is 0 Å². The van der Waals surface area contributed by atoms with Gasteiger partial charge in [-0.2, -0.15) is 15.4 Å². The summed E-state index contributed by atoms with van der Waals surface area (Å²) in [5.74, 6) is 0.154. The average Bonchev–Trinajstić information content (AvgIpc) is 3.52. The van der Waals surface area contributed by atoms with Gasteiger partial charge in [0.15, 0.2) is 0 Å². The molecule has 7 rings (SSSR count). The number of benzene rings is 1. The molecule has 8 heteroatoms. The molecule has 9 atom stereocenters. The second-order valence-electron chi connectivity index (χ2n) is 12.4. The summed E-state index contributed by atoms with van der Waals surface area (Å²) in [5, 5.41) is 33.5. The number of alkyl halides is 1. The first-order chi connectivity index (χ1) is 16.6. The van der Waals surface area contributed by atoms with Crippen molar-refractivity contribution >= 4 is 28.2 Å². The van der Waals surface area contributed by atoms with Crippen LogP contribution >= 0.6 is 11.6 Å². The van der Waals surface area contributed by atoms with Crippen LogP contribution in [0.5, 0.6) is 0 Å². The van der Waals surface area contributed by atoms with E-state index in [0.29, 0.717) is 6.42 Å². The standard InChI is InChI=1S/C27H35ClN4O3/c1-24-8-10-26(28)13-17-22(33)23(34)20(32(2)3)14-25(17)9-11-27(26,35-25)21(24)7-5-16(24)15-4-6-18-19(12-15)30-31-29-18/h4-6,12,17,20-23,33-34H,7-11,13-14H2,1-3H3,(H,29,30,31). The molecule has 2 aliphatic heterocycles. The lowest BCUT2D eigenvalue weighted by atomic mass is 9.52. The lowest BCUT2D eigenvalue weighted by Crippen LogP contribution is -2.72. The molecule has 188 valence electrons. The Bertz CT molecular complexity index is 1230. The molecule has 35 heavy (non-hydrogen) atoms. The predicted molar refractivity (Wildman–Crippen MR) is 134 cm³/mol. The Morgan fingerprint density at radius 1 is 1.06 bits per heavy atom. The van der Waals surface area contributed by atoms with Gasteiger partial charge in [-0.05, 0) is 87.7 Å². The van der Waals surface area contributed by atoms with Gasteiger partial charge >= 0.3 is 0 Å². The minimum atomic E-state index is -0.817. The number of hydrogen-bond donors (Lipinski definition) is 3. The van der Waals surface area contributed by atoms with E-state index in [2.05, 4.69) is 40.5 Å². The summed E-state index contributed by atoms with van der Waals surface area (Å²) < 4.78 is 7.31. The van der Waals surface area contributed by atoms with Crippen LogP contribution in [0.25, 0.3) is 16.6 Å². The van der Waals surface area contributed by atoms with Crippen molar-refractivity contribution in [2.75, 3.05) is 14.1 Å². The topological polar surface area (TPSA) is 94.5 Å². The monoisotopic (exact) mass is 498 g/mol. The maximum absolute atomic E-state index is 11.3. The van der Waals surface area contributed by atoms with Crippen molar-refractivity contribution in [1.29, 1.82) is 0 Å². The minimum Gasteiger partial charge on any atom is -0.390 e. The highest BCUT2D eigenvalue weighted by molar-refractivity contribution is 6.25. The molecule has 4 fully saturated rings. The van der Waals surface area contributed by atoms with Crippen LogP contribution in [-0.4, -0.2) is 78.9 Å². The zero-order chi connectivity index (χ0) is 24.4. The highest BCUT2D eigenvalue weighted by atomic mass is 35.5. The fourth-order valence-electron chi connectivity index (χ4n) is 9.02. The highest BCUT2D eigenvalue weighted by Crippen LogP contribution is 2.73. The lowest BCUT2D eigenvalue weighted by molar-refractivity contribution is -0.276. The summed E-state index contributed by atoms with van der Waals surface area (Å²) in [6.07, 6.45) is 6.84. The maximum atomic E-state index is 11.3. The molecule has 0 amide bonds. The van der Waals surface area contributed by atoms with Gasteiger partial charge in [-0.1, -0.05) is 19.1 Å². The zero-order valence-electron chi connectivity index (χ0n) is 20.7. The Kier molecular flexibility index (Phi) is 4.58. The summed E-state index contributed by atoms with van der Waals surface area (Å²) in [5.41, 5.74) is 3.46. The minimum absolute atomic E-state index is 0.0398. The Labute approximate surface area is 210 Å². The van der Waals surface area contributed by atoms with Gasteiger partial charge in [-0.15, -0.1) is 11.6 Å². The van der Waals surface area contributed by atoms with Crippen LogP contribution in [-0.2, 0) is 4.74 Å². The summed E-state index contributed by atoms with van der Waals surface area (Å²) in [6, 6.07) is 6.23. The van der Waals surface area contributed by atoms with Gasteiger partial charge in [-0.25, -0.2) is 0 Å². The number of aliphatic hydroxyl groups is 2. The Morgan fingerprint density at radius 2 is 1.86 bits per heavy atom. The number of ether oxygens (including phenoxy) is 1. The molecule has 9 unspecified atom stereocenters. The van der Waals surface area contributed by atoms with E-state index in [1.54, 1.807) is 0 Å². The Balaban J connectivity index is 1.28. The third kappa shape index (κ3) is 2.71. The number of halogens is 1. The van der Waals surface area contributed by atoms with Gasteiger partial charge in [0.1, 0.15) is 11.0 Å². The number of hydrogen-bond acceptors (Lipinski definition) is 6. The Morgan fingerprint density at radius 3 is 2.66 bits per heavy atom. The first kappa shape index (κ1) is 22.7. The summed E-state index contributed by atoms with van der Waals surface area (Å²) >= 11 is 7.60. The number of aliphatic hydroxyl groups excluding tert-OH is 2. The van der Waals surface area contributed by atoms with E-state index in [-0.39, 0.29) is 23.3 Å². The van der Waals surface area contributed by atoms with Gasteiger partial charge < -0.3 is 19.8 Å². The summed E-state index contributed by atoms with van der Waals surface area (Å²) in [4.78, 5) is 1.52. The van der Waals surface area contributed by atoms with E-state index in [4.69, 9.17) is 16.3 Å². The van der Waals surface area contributed by atoms with E-state index < -0.39 is 28.3 Å². The number of aromatic amines is 1. The van der Waals surface area contributed by atoms with Crippen molar-refractivity contribution in [2.45, 2.75) is 86.2 Å². The molecular weight excluding hydrogens is 464 g/mol. The molecular formula is C27H35ClN4O3. The van der Waals surface area contributed by atoms with Crippen molar-refractivity contribution < 1.29 is 14.9 Å². The smallest absolute Gasteiger partial charge is 0.113 e. The second kappa shape index (κ2) is 7.07. The number of rotatable bonds is 2. The third-order valence-electron chi connectivity index (χ3n) is 10.8. The van der Waals surface area contributed by atoms with Gasteiger partial charge in [0.25, 0.3) is 0 Å². The molecule has 3 aliphatic carbocycles. The van der Waals surface area contributed by atoms with Crippen molar-refractivity contribution in [3.05, 3.63) is 29.8 Å². The van der Waals surface area contributed by atoms with Crippen LogP contribution in [0.1, 0.15) is 57.4 Å². The number of fused-ring (bicyclic) bond motifs is 2. The van der Waals surface area contributed by atoms with Gasteiger partial charge in [0, 0.05) is 17.9 Å². The molecule has 2 spiro atoms. The molecule has 2 saturated heterocycles. The van der Waals surface area contributed by atoms with E-state index in [0.717, 1.165) is 49.6 Å². The van der Waals surface area contributed by atoms with Gasteiger partial charge in [-0.3, -0.25) is 0 Å². The van der Waals surface area contributed by atoms with E-state index in [1.165, 1.54) is 11.1 Å². The number of aromatic nitrogens is 3. The van der Waals surface area contributed by atoms with E-state index >= 15 is 0 Å². The number of nitrogens with one attached hydrogen (secondary N) is 1. The largest absolute Gasteiger partial charge is 0.390 e. The van der Waals surface area contributed by atoms with E-state index in [1.807, 2.05) is 25.1 Å². The van der Waals surface area contributed by atoms with Crippen LogP contribution in [0, 0.1) is 17.3 Å². The summed E-state index contributed by atoms with van der Waals surface area (Å²) in [7, 11) is 3.96. The highest BCUT2D eigenvalue weighted by Gasteiger charge is 2.76. The van der Waals surface area contributed by atoms with Crippen LogP contribution < -0.4 is 0 Å². The maximum Gasteiger partial charge on any atom is 0.113 e. The van der Waals surface area contributed by atoms with Crippen LogP contribution in [0.3, 0.4) is 0 Å². The molecule has 3 heterocycles. The number of likely N-dealkylation sites (N-methyl/N-ethyl adjacent to an activating group) is 1. The quantitative estimate of drug-likeness (QED) is 0.549.